The second-order valence-corrected chi connectivity index (χ2v) is 6.50. The van der Waals surface area contributed by atoms with Gasteiger partial charge >= 0.3 is 0 Å². The SMILES string of the molecule is CN=C(NC#N)NCc1ccc(CCc2ccccc2-c2ccccc2)cc1. The van der Waals surface area contributed by atoms with Crippen LogP contribution in [0.5, 0.6) is 0 Å². The number of nitrogens with one attached hydrogen (secondary N) is 2. The van der Waals surface area contributed by atoms with Gasteiger partial charge in [-0.2, -0.15) is 5.26 Å². The average Bonchev–Trinajstić information content (AvgIpc) is 2.77. The molecule has 0 saturated carbocycles. The molecule has 0 aliphatic carbocycles. The fourth-order valence-corrected chi connectivity index (χ4v) is 3.16. The van der Waals surface area contributed by atoms with E-state index in [4.69, 9.17) is 5.26 Å². The molecule has 0 fully saturated rings. The van der Waals surface area contributed by atoms with Crippen molar-refractivity contribution in [3.05, 3.63) is 95.6 Å². The zero-order valence-corrected chi connectivity index (χ0v) is 16.0. The van der Waals surface area contributed by atoms with Gasteiger partial charge in [0.15, 0.2) is 6.19 Å². The van der Waals surface area contributed by atoms with Gasteiger partial charge < -0.3 is 5.32 Å². The molecule has 3 rings (SSSR count). The lowest BCUT2D eigenvalue weighted by Crippen LogP contribution is -2.33. The van der Waals surface area contributed by atoms with Crippen LogP contribution in [0.25, 0.3) is 11.1 Å². The summed E-state index contributed by atoms with van der Waals surface area (Å²) in [6, 6.07) is 27.7. The Morgan fingerprint density at radius 3 is 2.25 bits per heavy atom. The van der Waals surface area contributed by atoms with E-state index < -0.39 is 0 Å². The summed E-state index contributed by atoms with van der Waals surface area (Å²) >= 11 is 0. The number of guanidine groups is 1. The van der Waals surface area contributed by atoms with E-state index in [9.17, 15) is 0 Å². The molecule has 0 radical (unpaired) electrons. The Morgan fingerprint density at radius 2 is 1.54 bits per heavy atom. The van der Waals surface area contributed by atoms with E-state index >= 15 is 0 Å². The topological polar surface area (TPSA) is 60.2 Å². The maximum Gasteiger partial charge on any atom is 0.204 e. The monoisotopic (exact) mass is 368 g/mol. The molecule has 3 aromatic carbocycles. The van der Waals surface area contributed by atoms with Crippen molar-refractivity contribution in [3.8, 4) is 17.3 Å². The number of nitrogens with zero attached hydrogens (tertiary/aromatic N) is 2. The van der Waals surface area contributed by atoms with Gasteiger partial charge in [0.1, 0.15) is 0 Å². The second-order valence-electron chi connectivity index (χ2n) is 6.50. The molecule has 0 spiro atoms. The van der Waals surface area contributed by atoms with Gasteiger partial charge in [-0.25, -0.2) is 0 Å². The molecule has 0 heterocycles. The van der Waals surface area contributed by atoms with E-state index in [1.807, 2.05) is 12.3 Å². The zero-order valence-electron chi connectivity index (χ0n) is 16.0. The Balaban J connectivity index is 1.61. The molecule has 0 saturated heterocycles. The van der Waals surface area contributed by atoms with Crippen molar-refractivity contribution < 1.29 is 0 Å². The normalized spacial score (nSPS) is 10.9. The lowest BCUT2D eigenvalue weighted by Gasteiger charge is -2.11. The molecular weight excluding hydrogens is 344 g/mol. The molecule has 0 aliphatic rings. The van der Waals surface area contributed by atoms with Crippen LogP contribution in [0.3, 0.4) is 0 Å². The fraction of sp³-hybridized carbons (Fsp3) is 0.167. The van der Waals surface area contributed by atoms with Crippen molar-refractivity contribution in [1.82, 2.24) is 10.6 Å². The second kappa shape index (κ2) is 9.94. The van der Waals surface area contributed by atoms with Crippen molar-refractivity contribution in [2.75, 3.05) is 7.05 Å². The zero-order chi connectivity index (χ0) is 19.6. The van der Waals surface area contributed by atoms with Gasteiger partial charge in [-0.05, 0) is 40.7 Å². The molecule has 0 amide bonds. The van der Waals surface area contributed by atoms with Gasteiger partial charge in [-0.1, -0.05) is 78.9 Å². The molecule has 0 aliphatic heterocycles. The lowest BCUT2D eigenvalue weighted by atomic mass is 9.95. The minimum Gasteiger partial charge on any atom is -0.352 e. The summed E-state index contributed by atoms with van der Waals surface area (Å²) in [6.45, 7) is 0.623. The van der Waals surface area contributed by atoms with Crippen LogP contribution < -0.4 is 10.6 Å². The van der Waals surface area contributed by atoms with Crippen LogP contribution in [0, 0.1) is 11.5 Å². The summed E-state index contributed by atoms with van der Waals surface area (Å²) in [6.07, 6.45) is 3.87. The summed E-state index contributed by atoms with van der Waals surface area (Å²) in [4.78, 5) is 3.98. The third kappa shape index (κ3) is 5.21. The van der Waals surface area contributed by atoms with Crippen LogP contribution in [-0.4, -0.2) is 13.0 Å². The first-order chi connectivity index (χ1) is 13.8. The summed E-state index contributed by atoms with van der Waals surface area (Å²) in [7, 11) is 1.64. The van der Waals surface area contributed by atoms with Crippen molar-refractivity contribution in [1.29, 1.82) is 5.26 Å². The number of hydrogen-bond acceptors (Lipinski definition) is 2. The molecule has 140 valence electrons. The first kappa shape index (κ1) is 19.2. The van der Waals surface area contributed by atoms with E-state index in [1.165, 1.54) is 22.3 Å². The summed E-state index contributed by atoms with van der Waals surface area (Å²) < 4.78 is 0. The van der Waals surface area contributed by atoms with E-state index in [0.717, 1.165) is 18.4 Å². The largest absolute Gasteiger partial charge is 0.352 e. The highest BCUT2D eigenvalue weighted by atomic mass is 15.2. The molecule has 4 heteroatoms. The quantitative estimate of drug-likeness (QED) is 0.295. The average molecular weight is 368 g/mol. The van der Waals surface area contributed by atoms with Crippen molar-refractivity contribution in [3.63, 3.8) is 0 Å². The van der Waals surface area contributed by atoms with E-state index in [0.29, 0.717) is 12.5 Å². The lowest BCUT2D eigenvalue weighted by molar-refractivity contribution is 0.876. The molecule has 0 bridgehead atoms. The third-order valence-electron chi connectivity index (χ3n) is 4.67. The van der Waals surface area contributed by atoms with Gasteiger partial charge in [0.25, 0.3) is 0 Å². The number of aryl methyl sites for hydroxylation is 2. The van der Waals surface area contributed by atoms with Crippen molar-refractivity contribution in [2.45, 2.75) is 19.4 Å². The van der Waals surface area contributed by atoms with Gasteiger partial charge in [0, 0.05) is 13.6 Å². The summed E-state index contributed by atoms with van der Waals surface area (Å²) in [5.41, 5.74) is 6.39. The molecule has 0 unspecified atom stereocenters. The predicted octanol–water partition coefficient (Wildman–Crippen LogP) is 4.28. The smallest absolute Gasteiger partial charge is 0.204 e. The molecule has 0 aromatic heterocycles. The van der Waals surface area contributed by atoms with Crippen LogP contribution in [0.1, 0.15) is 16.7 Å². The molecule has 28 heavy (non-hydrogen) atoms. The van der Waals surface area contributed by atoms with Gasteiger partial charge in [0.2, 0.25) is 5.96 Å². The molecule has 4 nitrogen and oxygen atoms in total. The highest BCUT2D eigenvalue weighted by Crippen LogP contribution is 2.24. The van der Waals surface area contributed by atoms with Crippen LogP contribution in [0.15, 0.2) is 83.9 Å². The maximum absolute atomic E-state index is 8.66. The Morgan fingerprint density at radius 1 is 0.857 bits per heavy atom. The minimum atomic E-state index is 0.476. The van der Waals surface area contributed by atoms with Crippen LogP contribution in [0.2, 0.25) is 0 Å². The highest BCUT2D eigenvalue weighted by Gasteiger charge is 2.05. The Labute approximate surface area is 166 Å². The molecule has 0 atom stereocenters. The van der Waals surface area contributed by atoms with E-state index in [-0.39, 0.29) is 0 Å². The predicted molar refractivity (Wildman–Crippen MR) is 115 cm³/mol. The molecule has 3 aromatic rings. The van der Waals surface area contributed by atoms with Gasteiger partial charge in [-0.15, -0.1) is 0 Å². The number of rotatable bonds is 6. The Hall–Kier alpha value is -3.58. The molecular formula is C24H24N4. The van der Waals surface area contributed by atoms with Crippen molar-refractivity contribution >= 4 is 5.96 Å². The highest BCUT2D eigenvalue weighted by molar-refractivity contribution is 5.80. The third-order valence-corrected chi connectivity index (χ3v) is 4.67. The maximum atomic E-state index is 8.66. The Kier molecular flexibility index (Phi) is 6.81. The van der Waals surface area contributed by atoms with Crippen LogP contribution >= 0.6 is 0 Å². The summed E-state index contributed by atoms with van der Waals surface area (Å²) in [5, 5.41) is 14.3. The number of aliphatic imine (C=N–C) groups is 1. The fourth-order valence-electron chi connectivity index (χ4n) is 3.16. The van der Waals surface area contributed by atoms with Crippen LogP contribution in [0.4, 0.5) is 0 Å². The van der Waals surface area contributed by atoms with Gasteiger partial charge in [0.05, 0.1) is 0 Å². The molecule has 2 N–H and O–H groups in total. The number of hydrogen-bond donors (Lipinski definition) is 2. The first-order valence-electron chi connectivity index (χ1n) is 9.37. The minimum absolute atomic E-state index is 0.476. The number of benzene rings is 3. The van der Waals surface area contributed by atoms with Gasteiger partial charge in [-0.3, -0.25) is 10.3 Å². The number of nitriles is 1. The summed E-state index contributed by atoms with van der Waals surface area (Å²) in [5.74, 6) is 0.476. The Bertz CT molecular complexity index is 954. The van der Waals surface area contributed by atoms with Crippen LogP contribution in [-0.2, 0) is 19.4 Å². The van der Waals surface area contributed by atoms with Crippen molar-refractivity contribution in [2.24, 2.45) is 4.99 Å². The first-order valence-corrected chi connectivity index (χ1v) is 9.37. The van der Waals surface area contributed by atoms with E-state index in [2.05, 4.69) is 88.4 Å². The van der Waals surface area contributed by atoms with E-state index in [1.54, 1.807) is 7.05 Å². The standard InChI is InChI=1S/C24H24N4/c1-26-24(28-18-25)27-17-20-13-11-19(12-14-20)15-16-22-9-5-6-10-23(22)21-7-3-2-4-8-21/h2-14H,15-17H2,1H3,(H2,26,27,28).